The van der Waals surface area contributed by atoms with Gasteiger partial charge < -0.3 is 4.98 Å². The van der Waals surface area contributed by atoms with Crippen molar-refractivity contribution in [2.45, 2.75) is 12.8 Å². The topological polar surface area (TPSA) is 74.0 Å². The molecule has 0 fully saturated rings. The smallest absolute Gasteiger partial charge is 0.242 e. The van der Waals surface area contributed by atoms with E-state index in [-0.39, 0.29) is 18.7 Å². The molecule has 122 valence electrons. The van der Waals surface area contributed by atoms with Gasteiger partial charge in [0.25, 0.3) is 0 Å². The Bertz CT molecular complexity index is 889. The van der Waals surface area contributed by atoms with Crippen molar-refractivity contribution in [2.75, 3.05) is 0 Å². The molecular formula is C18H16FN3O2. The summed E-state index contributed by atoms with van der Waals surface area (Å²) in [5.41, 5.74) is 7.06. The second kappa shape index (κ2) is 6.95. The van der Waals surface area contributed by atoms with Crippen LogP contribution < -0.4 is 10.9 Å². The summed E-state index contributed by atoms with van der Waals surface area (Å²) in [6.45, 7) is 0. The fourth-order valence-electron chi connectivity index (χ4n) is 2.51. The molecule has 0 atom stereocenters. The van der Waals surface area contributed by atoms with Gasteiger partial charge in [-0.25, -0.2) is 4.39 Å². The van der Waals surface area contributed by atoms with E-state index in [1.54, 1.807) is 12.3 Å². The summed E-state index contributed by atoms with van der Waals surface area (Å²) in [6.07, 6.45) is 1.91. The summed E-state index contributed by atoms with van der Waals surface area (Å²) in [7, 11) is 0. The van der Waals surface area contributed by atoms with Gasteiger partial charge in [0, 0.05) is 17.1 Å². The Labute approximate surface area is 137 Å². The number of carbonyl (C=O) groups is 2. The monoisotopic (exact) mass is 325 g/mol. The van der Waals surface area contributed by atoms with Gasteiger partial charge in [0.2, 0.25) is 11.8 Å². The summed E-state index contributed by atoms with van der Waals surface area (Å²) >= 11 is 0. The van der Waals surface area contributed by atoms with Crippen molar-refractivity contribution in [2.24, 2.45) is 0 Å². The fourth-order valence-corrected chi connectivity index (χ4v) is 2.51. The molecule has 3 aromatic rings. The van der Waals surface area contributed by atoms with E-state index < -0.39 is 11.7 Å². The molecule has 24 heavy (non-hydrogen) atoms. The summed E-state index contributed by atoms with van der Waals surface area (Å²) < 4.78 is 13.1. The van der Waals surface area contributed by atoms with Crippen LogP contribution in [-0.4, -0.2) is 16.8 Å². The second-order valence-electron chi connectivity index (χ2n) is 5.44. The number of para-hydroxylation sites is 1. The van der Waals surface area contributed by atoms with Gasteiger partial charge in [0.1, 0.15) is 5.82 Å². The maximum absolute atomic E-state index is 13.1. The number of hydrogen-bond donors (Lipinski definition) is 3. The van der Waals surface area contributed by atoms with Crippen molar-refractivity contribution < 1.29 is 14.0 Å². The lowest BCUT2D eigenvalue weighted by Crippen LogP contribution is -2.43. The molecular weight excluding hydrogens is 309 g/mol. The minimum Gasteiger partial charge on any atom is -0.361 e. The van der Waals surface area contributed by atoms with Crippen LogP contribution in [0.2, 0.25) is 0 Å². The third-order valence-corrected chi connectivity index (χ3v) is 3.62. The van der Waals surface area contributed by atoms with Crippen molar-refractivity contribution in [1.82, 2.24) is 15.8 Å². The molecule has 0 unspecified atom stereocenters. The van der Waals surface area contributed by atoms with Gasteiger partial charge in [-0.15, -0.1) is 0 Å². The van der Waals surface area contributed by atoms with Gasteiger partial charge in [-0.05, 0) is 29.3 Å². The Balaban J connectivity index is 1.53. The number of nitrogens with one attached hydrogen (secondary N) is 3. The first-order valence-corrected chi connectivity index (χ1v) is 7.49. The highest BCUT2D eigenvalue weighted by atomic mass is 19.1. The number of hydrogen-bond acceptors (Lipinski definition) is 2. The van der Waals surface area contributed by atoms with Crippen LogP contribution >= 0.6 is 0 Å². The molecule has 3 rings (SSSR count). The molecule has 2 aromatic carbocycles. The first-order chi connectivity index (χ1) is 11.6. The van der Waals surface area contributed by atoms with Gasteiger partial charge in [-0.2, -0.15) is 0 Å². The average Bonchev–Trinajstić information content (AvgIpc) is 2.96. The number of fused-ring (bicyclic) bond motifs is 1. The van der Waals surface area contributed by atoms with Crippen LogP contribution in [-0.2, 0) is 22.4 Å². The van der Waals surface area contributed by atoms with Gasteiger partial charge in [0.05, 0.1) is 12.8 Å². The number of rotatable bonds is 4. The van der Waals surface area contributed by atoms with E-state index in [1.165, 1.54) is 18.2 Å². The number of carbonyl (C=O) groups excluding carboxylic acids is 2. The third kappa shape index (κ3) is 3.78. The molecule has 0 spiro atoms. The van der Waals surface area contributed by atoms with E-state index in [4.69, 9.17) is 0 Å². The molecule has 1 heterocycles. The van der Waals surface area contributed by atoms with Gasteiger partial charge in [0.15, 0.2) is 0 Å². The lowest BCUT2D eigenvalue weighted by molar-refractivity contribution is -0.128. The normalized spacial score (nSPS) is 10.5. The van der Waals surface area contributed by atoms with Gasteiger partial charge in [-0.3, -0.25) is 20.4 Å². The minimum absolute atomic E-state index is 0.00880. The van der Waals surface area contributed by atoms with Crippen LogP contribution in [0.25, 0.3) is 10.9 Å². The molecule has 0 bridgehead atoms. The van der Waals surface area contributed by atoms with Crippen molar-refractivity contribution >= 4 is 22.7 Å². The minimum atomic E-state index is -0.409. The number of aromatic amines is 1. The standard InChI is InChI=1S/C18H16FN3O2/c19-14-5-3-4-12(8-14)9-17(23)21-22-18(24)10-13-11-20-16-7-2-1-6-15(13)16/h1-8,11,20H,9-10H2,(H,21,23)(H,22,24). The second-order valence-corrected chi connectivity index (χ2v) is 5.44. The fraction of sp³-hybridized carbons (Fsp3) is 0.111. The van der Waals surface area contributed by atoms with Crippen LogP contribution in [0, 0.1) is 5.82 Å². The molecule has 0 aliphatic rings. The maximum atomic E-state index is 13.1. The van der Waals surface area contributed by atoms with E-state index in [9.17, 15) is 14.0 Å². The molecule has 6 heteroatoms. The molecule has 5 nitrogen and oxygen atoms in total. The molecule has 0 radical (unpaired) electrons. The van der Waals surface area contributed by atoms with E-state index in [0.717, 1.165) is 16.5 Å². The quantitative estimate of drug-likeness (QED) is 0.644. The highest BCUT2D eigenvalue weighted by Gasteiger charge is 2.10. The third-order valence-electron chi connectivity index (χ3n) is 3.62. The van der Waals surface area contributed by atoms with Crippen molar-refractivity contribution in [3.05, 3.63) is 71.7 Å². The van der Waals surface area contributed by atoms with E-state index in [1.807, 2.05) is 24.3 Å². The predicted octanol–water partition coefficient (Wildman–Crippen LogP) is 2.24. The van der Waals surface area contributed by atoms with Crippen LogP contribution in [0.15, 0.2) is 54.7 Å². The Hall–Kier alpha value is -3.15. The molecule has 0 aliphatic heterocycles. The molecule has 3 N–H and O–H groups in total. The van der Waals surface area contributed by atoms with Crippen LogP contribution in [0.3, 0.4) is 0 Å². The summed E-state index contributed by atoms with van der Waals surface area (Å²) in [5, 5.41) is 0.971. The number of benzene rings is 2. The Kier molecular flexibility index (Phi) is 4.56. The van der Waals surface area contributed by atoms with E-state index >= 15 is 0 Å². The zero-order valence-corrected chi connectivity index (χ0v) is 12.8. The predicted molar refractivity (Wildman–Crippen MR) is 88.4 cm³/mol. The average molecular weight is 325 g/mol. The van der Waals surface area contributed by atoms with Crippen molar-refractivity contribution in [3.63, 3.8) is 0 Å². The molecule has 0 aliphatic carbocycles. The highest BCUT2D eigenvalue weighted by molar-refractivity contribution is 5.90. The van der Waals surface area contributed by atoms with Crippen molar-refractivity contribution in [3.8, 4) is 0 Å². The van der Waals surface area contributed by atoms with Crippen LogP contribution in [0.4, 0.5) is 4.39 Å². The Morgan fingerprint density at radius 3 is 2.50 bits per heavy atom. The lowest BCUT2D eigenvalue weighted by Gasteiger charge is -2.07. The lowest BCUT2D eigenvalue weighted by atomic mass is 10.1. The van der Waals surface area contributed by atoms with Crippen LogP contribution in [0.1, 0.15) is 11.1 Å². The number of amides is 2. The van der Waals surface area contributed by atoms with Gasteiger partial charge >= 0.3 is 0 Å². The first kappa shape index (κ1) is 15.7. The number of hydrazine groups is 1. The number of aromatic nitrogens is 1. The van der Waals surface area contributed by atoms with E-state index in [2.05, 4.69) is 15.8 Å². The van der Waals surface area contributed by atoms with E-state index in [0.29, 0.717) is 5.56 Å². The number of halogens is 1. The van der Waals surface area contributed by atoms with Crippen LogP contribution in [0.5, 0.6) is 0 Å². The zero-order chi connectivity index (χ0) is 16.9. The molecule has 0 saturated heterocycles. The zero-order valence-electron chi connectivity index (χ0n) is 12.8. The summed E-state index contributed by atoms with van der Waals surface area (Å²) in [6, 6.07) is 13.4. The highest BCUT2D eigenvalue weighted by Crippen LogP contribution is 2.17. The first-order valence-electron chi connectivity index (χ1n) is 7.49. The SMILES string of the molecule is O=C(Cc1cccc(F)c1)NNC(=O)Cc1c[nH]c2ccccc12. The maximum Gasteiger partial charge on any atom is 0.242 e. The summed E-state index contributed by atoms with van der Waals surface area (Å²) in [4.78, 5) is 26.8. The van der Waals surface area contributed by atoms with Crippen molar-refractivity contribution in [1.29, 1.82) is 0 Å². The van der Waals surface area contributed by atoms with Gasteiger partial charge in [-0.1, -0.05) is 30.3 Å². The Morgan fingerprint density at radius 2 is 1.71 bits per heavy atom. The largest absolute Gasteiger partial charge is 0.361 e. The molecule has 0 saturated carbocycles. The Morgan fingerprint density at radius 1 is 0.958 bits per heavy atom. The summed E-state index contributed by atoms with van der Waals surface area (Å²) in [5.74, 6) is -1.14. The molecule has 1 aromatic heterocycles. The number of H-pyrrole nitrogens is 1. The molecule has 2 amide bonds.